The van der Waals surface area contributed by atoms with Gasteiger partial charge < -0.3 is 0 Å². The van der Waals surface area contributed by atoms with Crippen LogP contribution in [0, 0.1) is 6.92 Å². The molecule has 1 heterocycles. The number of nitrogens with zero attached hydrogens (tertiary/aromatic N) is 2. The lowest BCUT2D eigenvalue weighted by molar-refractivity contribution is 0.379. The lowest BCUT2D eigenvalue weighted by Gasteiger charge is -1.98. The molecule has 0 aliphatic rings. The molecule has 0 saturated carbocycles. The predicted molar refractivity (Wildman–Crippen MR) is 50.6 cm³/mol. The van der Waals surface area contributed by atoms with Crippen LogP contribution in [0.3, 0.4) is 0 Å². The van der Waals surface area contributed by atoms with Crippen LogP contribution in [0.5, 0.6) is 0 Å². The summed E-state index contributed by atoms with van der Waals surface area (Å²) in [5.41, 5.74) is 1.52. The molecule has 0 saturated heterocycles. The first kappa shape index (κ1) is 8.51. The maximum atomic E-state index is 12.5. The molecule has 0 amide bonds. The van der Waals surface area contributed by atoms with E-state index in [0.717, 1.165) is 11.0 Å². The molecule has 2 nitrogen and oxygen atoms in total. The maximum absolute atomic E-state index is 12.5. The number of rotatable bonds is 1. The molecule has 2 rings (SSSR count). The largest absolute Gasteiger partial charge is 0.299 e. The second-order valence-corrected chi connectivity index (χ2v) is 3.28. The molecule has 0 bridgehead atoms. The van der Waals surface area contributed by atoms with E-state index in [9.17, 15) is 4.39 Å². The lowest BCUT2D eigenvalue weighted by atomic mass is 10.3. The molecule has 0 unspecified atom stereocenters. The van der Waals surface area contributed by atoms with Crippen molar-refractivity contribution in [1.29, 1.82) is 0 Å². The van der Waals surface area contributed by atoms with Gasteiger partial charge in [-0.1, -0.05) is 11.6 Å². The van der Waals surface area contributed by atoms with Crippen LogP contribution in [0.2, 0.25) is 5.02 Å². The van der Waals surface area contributed by atoms with Crippen LogP contribution in [0.4, 0.5) is 4.39 Å². The van der Waals surface area contributed by atoms with E-state index >= 15 is 0 Å². The van der Waals surface area contributed by atoms with E-state index in [1.54, 1.807) is 25.1 Å². The Morgan fingerprint density at radius 2 is 2.31 bits per heavy atom. The monoisotopic (exact) mass is 198 g/mol. The van der Waals surface area contributed by atoms with Crippen molar-refractivity contribution in [2.24, 2.45) is 0 Å². The third-order valence-corrected chi connectivity index (χ3v) is 2.26. The standard InChI is InChI=1S/C9H8ClFN2/c1-6-12-8-4-7(10)2-3-9(8)13(6)5-11/h2-4H,5H2,1H3. The summed E-state index contributed by atoms with van der Waals surface area (Å²) in [5.74, 6) is 0.666. The van der Waals surface area contributed by atoms with Gasteiger partial charge in [0.2, 0.25) is 0 Å². The molecular weight excluding hydrogens is 191 g/mol. The molecule has 0 atom stereocenters. The Hall–Kier alpha value is -1.09. The van der Waals surface area contributed by atoms with Gasteiger partial charge in [-0.3, -0.25) is 4.57 Å². The fourth-order valence-electron chi connectivity index (χ4n) is 1.37. The summed E-state index contributed by atoms with van der Waals surface area (Å²) in [4.78, 5) is 4.18. The quantitative estimate of drug-likeness (QED) is 0.689. The fourth-order valence-corrected chi connectivity index (χ4v) is 1.54. The van der Waals surface area contributed by atoms with E-state index < -0.39 is 6.80 Å². The number of fused-ring (bicyclic) bond motifs is 1. The number of aromatic nitrogens is 2. The summed E-state index contributed by atoms with van der Waals surface area (Å²) in [6.07, 6.45) is 0. The van der Waals surface area contributed by atoms with Crippen molar-refractivity contribution in [3.63, 3.8) is 0 Å². The Labute approximate surface area is 80.0 Å². The summed E-state index contributed by atoms with van der Waals surface area (Å²) < 4.78 is 14.0. The zero-order valence-corrected chi connectivity index (χ0v) is 7.85. The number of hydrogen-bond donors (Lipinski definition) is 0. The normalized spacial score (nSPS) is 11.0. The first-order valence-electron chi connectivity index (χ1n) is 3.90. The fraction of sp³-hybridized carbons (Fsp3) is 0.222. The highest BCUT2D eigenvalue weighted by Crippen LogP contribution is 2.20. The first-order chi connectivity index (χ1) is 6.22. The van der Waals surface area contributed by atoms with Gasteiger partial charge >= 0.3 is 0 Å². The molecular formula is C9H8ClFN2. The Kier molecular flexibility index (Phi) is 1.96. The van der Waals surface area contributed by atoms with Crippen molar-refractivity contribution >= 4 is 22.6 Å². The second kappa shape index (κ2) is 3.00. The summed E-state index contributed by atoms with van der Waals surface area (Å²) in [7, 11) is 0. The Balaban J connectivity index is 2.79. The molecule has 1 aromatic heterocycles. The van der Waals surface area contributed by atoms with Crippen molar-refractivity contribution in [2.75, 3.05) is 0 Å². The van der Waals surface area contributed by atoms with Crippen LogP contribution in [0.1, 0.15) is 5.82 Å². The average molecular weight is 199 g/mol. The highest BCUT2D eigenvalue weighted by molar-refractivity contribution is 6.31. The molecule has 13 heavy (non-hydrogen) atoms. The maximum Gasteiger partial charge on any atom is 0.167 e. The van der Waals surface area contributed by atoms with Crippen molar-refractivity contribution in [1.82, 2.24) is 9.55 Å². The molecule has 1 aromatic carbocycles. The average Bonchev–Trinajstić information content (AvgIpc) is 2.39. The molecule has 0 aliphatic carbocycles. The summed E-state index contributed by atoms with van der Waals surface area (Å²) in [6.45, 7) is 1.22. The summed E-state index contributed by atoms with van der Waals surface area (Å²) >= 11 is 5.78. The molecule has 2 aromatic rings. The van der Waals surface area contributed by atoms with Crippen LogP contribution in [-0.2, 0) is 6.80 Å². The number of alkyl halides is 1. The number of halogens is 2. The summed E-state index contributed by atoms with van der Waals surface area (Å²) in [5, 5.41) is 0.621. The van der Waals surface area contributed by atoms with Crippen LogP contribution < -0.4 is 0 Å². The highest BCUT2D eigenvalue weighted by Gasteiger charge is 2.06. The third-order valence-electron chi connectivity index (χ3n) is 2.02. The third kappa shape index (κ3) is 1.29. The predicted octanol–water partition coefficient (Wildman–Crippen LogP) is 2.93. The Morgan fingerprint density at radius 1 is 1.54 bits per heavy atom. The minimum absolute atomic E-state index is 0.552. The second-order valence-electron chi connectivity index (χ2n) is 2.84. The zero-order valence-electron chi connectivity index (χ0n) is 7.09. The lowest BCUT2D eigenvalue weighted by Crippen LogP contribution is -1.94. The highest BCUT2D eigenvalue weighted by atomic mass is 35.5. The van der Waals surface area contributed by atoms with Crippen molar-refractivity contribution < 1.29 is 4.39 Å². The Bertz CT molecular complexity index is 450. The minimum atomic E-state index is -0.552. The van der Waals surface area contributed by atoms with E-state index in [1.807, 2.05) is 0 Å². The van der Waals surface area contributed by atoms with Gasteiger partial charge in [-0.15, -0.1) is 0 Å². The van der Waals surface area contributed by atoms with Crippen molar-refractivity contribution in [3.05, 3.63) is 29.0 Å². The molecule has 0 spiro atoms. The molecule has 4 heteroatoms. The van der Waals surface area contributed by atoms with Gasteiger partial charge in [-0.2, -0.15) is 0 Å². The number of hydrogen-bond acceptors (Lipinski definition) is 1. The Morgan fingerprint density at radius 3 is 3.00 bits per heavy atom. The minimum Gasteiger partial charge on any atom is -0.299 e. The van der Waals surface area contributed by atoms with Gasteiger partial charge in [0.1, 0.15) is 5.82 Å². The van der Waals surface area contributed by atoms with E-state index in [4.69, 9.17) is 11.6 Å². The van der Waals surface area contributed by atoms with Crippen LogP contribution >= 0.6 is 11.6 Å². The van der Waals surface area contributed by atoms with Crippen LogP contribution in [0.25, 0.3) is 11.0 Å². The molecule has 0 radical (unpaired) electrons. The smallest absolute Gasteiger partial charge is 0.167 e. The summed E-state index contributed by atoms with van der Waals surface area (Å²) in [6, 6.07) is 5.24. The van der Waals surface area contributed by atoms with E-state index in [2.05, 4.69) is 4.98 Å². The molecule has 0 fully saturated rings. The first-order valence-corrected chi connectivity index (χ1v) is 4.28. The van der Waals surface area contributed by atoms with Gasteiger partial charge in [-0.25, -0.2) is 9.37 Å². The molecule has 68 valence electrons. The van der Waals surface area contributed by atoms with Crippen LogP contribution in [0.15, 0.2) is 18.2 Å². The zero-order chi connectivity index (χ0) is 9.42. The van der Waals surface area contributed by atoms with Gasteiger partial charge in [0.15, 0.2) is 6.80 Å². The van der Waals surface area contributed by atoms with Crippen molar-refractivity contribution in [3.8, 4) is 0 Å². The van der Waals surface area contributed by atoms with Crippen molar-refractivity contribution in [2.45, 2.75) is 13.7 Å². The van der Waals surface area contributed by atoms with Crippen LogP contribution in [-0.4, -0.2) is 9.55 Å². The number of imidazole rings is 1. The number of benzene rings is 1. The van der Waals surface area contributed by atoms with E-state index in [1.165, 1.54) is 4.57 Å². The topological polar surface area (TPSA) is 17.8 Å². The van der Waals surface area contributed by atoms with E-state index in [-0.39, 0.29) is 0 Å². The van der Waals surface area contributed by atoms with Gasteiger partial charge in [0.05, 0.1) is 11.0 Å². The molecule has 0 aliphatic heterocycles. The van der Waals surface area contributed by atoms with Gasteiger partial charge in [0, 0.05) is 5.02 Å². The SMILES string of the molecule is Cc1nc2cc(Cl)ccc2n1CF. The number of aryl methyl sites for hydroxylation is 1. The molecule has 0 N–H and O–H groups in total. The van der Waals surface area contributed by atoms with Gasteiger partial charge in [0.25, 0.3) is 0 Å². The van der Waals surface area contributed by atoms with Gasteiger partial charge in [-0.05, 0) is 25.1 Å². The van der Waals surface area contributed by atoms with E-state index in [0.29, 0.717) is 10.8 Å².